The molecular formula is C26H22FN3OS. The van der Waals surface area contributed by atoms with Gasteiger partial charge >= 0.3 is 0 Å². The van der Waals surface area contributed by atoms with Crippen LogP contribution in [0.1, 0.15) is 34.7 Å². The number of hydrogen-bond donors (Lipinski definition) is 1. The van der Waals surface area contributed by atoms with Crippen LogP contribution in [0.25, 0.3) is 11.3 Å². The van der Waals surface area contributed by atoms with Gasteiger partial charge in [-0.1, -0.05) is 12.1 Å². The van der Waals surface area contributed by atoms with Gasteiger partial charge in [0.05, 0.1) is 11.7 Å². The Kier molecular flexibility index (Phi) is 5.23. The Morgan fingerprint density at radius 2 is 1.72 bits per heavy atom. The Morgan fingerprint density at radius 1 is 0.969 bits per heavy atom. The molecule has 2 atom stereocenters. The number of furan rings is 1. The first-order chi connectivity index (χ1) is 15.5. The topological polar surface area (TPSA) is 41.3 Å². The third-order valence-electron chi connectivity index (χ3n) is 5.63. The highest BCUT2D eigenvalue weighted by Crippen LogP contribution is 2.43. The summed E-state index contributed by atoms with van der Waals surface area (Å²) in [5.41, 5.74) is 5.02. The molecule has 1 fully saturated rings. The summed E-state index contributed by atoms with van der Waals surface area (Å²) in [6.45, 7) is 4.15. The molecule has 0 aliphatic carbocycles. The summed E-state index contributed by atoms with van der Waals surface area (Å²) >= 11 is 5.78. The van der Waals surface area contributed by atoms with Crippen LogP contribution < -0.4 is 10.2 Å². The van der Waals surface area contributed by atoms with Gasteiger partial charge in [-0.25, -0.2) is 4.39 Å². The van der Waals surface area contributed by atoms with E-state index in [-0.39, 0.29) is 17.9 Å². The summed E-state index contributed by atoms with van der Waals surface area (Å²) in [6.07, 6.45) is 1.78. The SMILES string of the molecule is Cc1cc(C)cc(N2C(=S)N[C@H](c3ccccn3)[C@H]2c2ccc(-c3ccc(F)cc3)o2)c1. The molecule has 0 spiro atoms. The highest BCUT2D eigenvalue weighted by atomic mass is 32.1. The fourth-order valence-electron chi connectivity index (χ4n) is 4.29. The van der Waals surface area contributed by atoms with E-state index in [4.69, 9.17) is 16.6 Å². The monoisotopic (exact) mass is 443 g/mol. The number of aromatic nitrogens is 1. The van der Waals surface area contributed by atoms with Crippen LogP contribution in [0.2, 0.25) is 0 Å². The molecule has 1 saturated heterocycles. The lowest BCUT2D eigenvalue weighted by Gasteiger charge is -2.26. The van der Waals surface area contributed by atoms with Crippen LogP contribution in [-0.4, -0.2) is 10.1 Å². The molecule has 0 unspecified atom stereocenters. The summed E-state index contributed by atoms with van der Waals surface area (Å²) in [5, 5.41) is 4.07. The van der Waals surface area contributed by atoms with Crippen LogP contribution in [0.4, 0.5) is 10.1 Å². The zero-order valence-corrected chi connectivity index (χ0v) is 18.6. The molecule has 4 aromatic rings. The number of hydrogen-bond acceptors (Lipinski definition) is 3. The first-order valence-corrected chi connectivity index (χ1v) is 10.8. The highest BCUT2D eigenvalue weighted by molar-refractivity contribution is 7.80. The lowest BCUT2D eigenvalue weighted by molar-refractivity contribution is 0.439. The lowest BCUT2D eigenvalue weighted by Crippen LogP contribution is -2.29. The first-order valence-electron chi connectivity index (χ1n) is 10.4. The second kappa shape index (κ2) is 8.20. The van der Waals surface area contributed by atoms with Crippen LogP contribution in [0, 0.1) is 19.7 Å². The maximum Gasteiger partial charge on any atom is 0.174 e. The summed E-state index contributed by atoms with van der Waals surface area (Å²) in [7, 11) is 0. The third kappa shape index (κ3) is 3.78. The van der Waals surface area contributed by atoms with E-state index in [9.17, 15) is 4.39 Å². The fourth-order valence-corrected chi connectivity index (χ4v) is 4.64. The molecule has 32 heavy (non-hydrogen) atoms. The number of pyridine rings is 1. The number of anilines is 1. The van der Waals surface area contributed by atoms with Crippen molar-refractivity contribution in [2.75, 3.05) is 4.90 Å². The maximum absolute atomic E-state index is 13.4. The van der Waals surface area contributed by atoms with Crippen molar-refractivity contribution in [3.8, 4) is 11.3 Å². The maximum atomic E-state index is 13.4. The predicted molar refractivity (Wildman–Crippen MR) is 128 cm³/mol. The molecule has 2 aromatic heterocycles. The lowest BCUT2D eigenvalue weighted by atomic mass is 10.0. The van der Waals surface area contributed by atoms with Crippen molar-refractivity contribution in [2.24, 2.45) is 0 Å². The largest absolute Gasteiger partial charge is 0.459 e. The normalized spacial score (nSPS) is 18.1. The van der Waals surface area contributed by atoms with E-state index in [1.807, 2.05) is 30.3 Å². The van der Waals surface area contributed by atoms with Gasteiger partial charge in [0.15, 0.2) is 5.11 Å². The Bertz CT molecular complexity index is 1250. The fraction of sp³-hybridized carbons (Fsp3) is 0.154. The molecule has 0 saturated carbocycles. The molecule has 0 amide bonds. The third-order valence-corrected chi connectivity index (χ3v) is 5.94. The standard InChI is InChI=1S/C26H22FN3OS/c1-16-13-17(2)15-20(14-16)30-25(24(29-26(30)32)21-5-3-4-12-28-21)23-11-10-22(31-23)18-6-8-19(27)9-7-18/h3-15,24-25H,1-2H3,(H,29,32)/t24-,25-/m1/s1. The van der Waals surface area contributed by atoms with E-state index in [1.54, 1.807) is 18.3 Å². The molecular weight excluding hydrogens is 421 g/mol. The van der Waals surface area contributed by atoms with Gasteiger partial charge in [-0.15, -0.1) is 0 Å². The van der Waals surface area contributed by atoms with Crippen molar-refractivity contribution in [3.05, 3.63) is 107 Å². The van der Waals surface area contributed by atoms with E-state index in [0.29, 0.717) is 10.9 Å². The number of aryl methyl sites for hydroxylation is 2. The van der Waals surface area contributed by atoms with Crippen LogP contribution in [0.3, 0.4) is 0 Å². The second-order valence-corrected chi connectivity index (χ2v) is 8.44. The highest BCUT2D eigenvalue weighted by Gasteiger charge is 2.42. The van der Waals surface area contributed by atoms with Crippen LogP contribution in [-0.2, 0) is 0 Å². The molecule has 1 aliphatic heterocycles. The number of rotatable bonds is 4. The molecule has 1 aliphatic rings. The van der Waals surface area contributed by atoms with Crippen LogP contribution in [0.5, 0.6) is 0 Å². The van der Waals surface area contributed by atoms with Gasteiger partial charge in [0, 0.05) is 17.4 Å². The van der Waals surface area contributed by atoms with Crippen molar-refractivity contribution in [2.45, 2.75) is 25.9 Å². The average molecular weight is 444 g/mol. The van der Waals surface area contributed by atoms with Gasteiger partial charge < -0.3 is 14.6 Å². The minimum atomic E-state index is -0.276. The van der Waals surface area contributed by atoms with Gasteiger partial charge in [-0.2, -0.15) is 0 Å². The Hall–Kier alpha value is -3.51. The van der Waals surface area contributed by atoms with Crippen molar-refractivity contribution in [3.63, 3.8) is 0 Å². The molecule has 2 aromatic carbocycles. The molecule has 5 rings (SSSR count). The van der Waals surface area contributed by atoms with Crippen LogP contribution in [0.15, 0.2) is 83.4 Å². The number of thiocarbonyl (C=S) groups is 1. The minimum absolute atomic E-state index is 0.184. The Balaban J connectivity index is 1.61. The van der Waals surface area contributed by atoms with Gasteiger partial charge in [0.25, 0.3) is 0 Å². The van der Waals surface area contributed by atoms with E-state index < -0.39 is 0 Å². The zero-order chi connectivity index (χ0) is 22.2. The van der Waals surface area contributed by atoms with Crippen LogP contribution >= 0.6 is 12.2 Å². The summed E-state index contributed by atoms with van der Waals surface area (Å²) < 4.78 is 19.7. The van der Waals surface area contributed by atoms with E-state index >= 15 is 0 Å². The molecule has 0 bridgehead atoms. The smallest absolute Gasteiger partial charge is 0.174 e. The summed E-state index contributed by atoms with van der Waals surface area (Å²) in [6, 6.07) is 22.0. The molecule has 3 heterocycles. The van der Waals surface area contributed by atoms with Gasteiger partial charge in [0.2, 0.25) is 0 Å². The van der Waals surface area contributed by atoms with Crippen molar-refractivity contribution in [1.29, 1.82) is 0 Å². The van der Waals surface area contributed by atoms with Crippen molar-refractivity contribution in [1.82, 2.24) is 10.3 Å². The predicted octanol–water partition coefficient (Wildman–Crippen LogP) is 6.27. The Morgan fingerprint density at radius 3 is 2.41 bits per heavy atom. The van der Waals surface area contributed by atoms with E-state index in [0.717, 1.165) is 33.8 Å². The average Bonchev–Trinajstić information content (AvgIpc) is 3.39. The zero-order valence-electron chi connectivity index (χ0n) is 17.7. The number of nitrogens with one attached hydrogen (secondary N) is 1. The molecule has 1 N–H and O–H groups in total. The summed E-state index contributed by atoms with van der Waals surface area (Å²) in [5.74, 6) is 1.16. The number of benzene rings is 2. The first kappa shape index (κ1) is 20.4. The number of nitrogens with zero attached hydrogens (tertiary/aromatic N) is 2. The molecule has 160 valence electrons. The second-order valence-electron chi connectivity index (χ2n) is 8.05. The van der Waals surface area contributed by atoms with E-state index in [1.165, 1.54) is 12.1 Å². The summed E-state index contributed by atoms with van der Waals surface area (Å²) in [4.78, 5) is 6.68. The molecule has 6 heteroatoms. The van der Waals surface area contributed by atoms with E-state index in [2.05, 4.69) is 47.2 Å². The quantitative estimate of drug-likeness (QED) is 0.376. The van der Waals surface area contributed by atoms with Crippen molar-refractivity contribution < 1.29 is 8.81 Å². The minimum Gasteiger partial charge on any atom is -0.459 e. The number of halogens is 1. The molecule has 0 radical (unpaired) electrons. The van der Waals surface area contributed by atoms with Gasteiger partial charge in [-0.05, 0) is 97.9 Å². The Labute approximate surface area is 191 Å². The molecule has 4 nitrogen and oxygen atoms in total. The van der Waals surface area contributed by atoms with Gasteiger partial charge in [0.1, 0.15) is 23.4 Å². The van der Waals surface area contributed by atoms with Crippen molar-refractivity contribution >= 4 is 23.0 Å². The van der Waals surface area contributed by atoms with Gasteiger partial charge in [-0.3, -0.25) is 4.98 Å².